The Hall–Kier alpha value is -1.61. The Morgan fingerprint density at radius 1 is 1.48 bits per heavy atom. The number of rotatable bonds is 7. The first-order chi connectivity index (χ1) is 10.2. The minimum Gasteiger partial charge on any atom is -0.491 e. The van der Waals surface area contributed by atoms with Gasteiger partial charge in [-0.15, -0.1) is 0 Å². The molecule has 1 aromatic rings. The Balaban J connectivity index is 1.62. The molecule has 5 heteroatoms. The lowest BCUT2D eigenvalue weighted by Gasteiger charge is -2.17. The van der Waals surface area contributed by atoms with Crippen LogP contribution < -0.4 is 10.1 Å². The standard InChI is InChI=1S/C16H22N2O3/c1-12-14(6-7-20-12)9-18-10-15(19)11-21-16-4-2-13(8-17)3-5-16/h2-5,12,14-15,18-19H,6-7,9-11H2,1H3. The summed E-state index contributed by atoms with van der Waals surface area (Å²) in [5, 5.41) is 21.8. The highest BCUT2D eigenvalue weighted by Gasteiger charge is 2.23. The highest BCUT2D eigenvalue weighted by molar-refractivity contribution is 5.34. The minimum absolute atomic E-state index is 0.232. The Labute approximate surface area is 125 Å². The number of aliphatic hydroxyl groups excluding tert-OH is 1. The van der Waals surface area contributed by atoms with Gasteiger partial charge in [0.2, 0.25) is 0 Å². The summed E-state index contributed by atoms with van der Waals surface area (Å²) in [6, 6.07) is 8.91. The monoisotopic (exact) mass is 290 g/mol. The van der Waals surface area contributed by atoms with Gasteiger partial charge in [0.05, 0.1) is 17.7 Å². The molecule has 0 spiro atoms. The number of ether oxygens (including phenoxy) is 2. The molecule has 0 saturated carbocycles. The molecule has 1 saturated heterocycles. The average molecular weight is 290 g/mol. The molecule has 1 aliphatic heterocycles. The molecule has 2 rings (SSSR count). The Morgan fingerprint density at radius 2 is 2.24 bits per heavy atom. The van der Waals surface area contributed by atoms with Crippen molar-refractivity contribution in [2.45, 2.75) is 25.6 Å². The van der Waals surface area contributed by atoms with Crippen LogP contribution in [0.4, 0.5) is 0 Å². The molecule has 1 aromatic carbocycles. The van der Waals surface area contributed by atoms with Gasteiger partial charge in [0, 0.05) is 19.7 Å². The Morgan fingerprint density at radius 3 is 2.86 bits per heavy atom. The summed E-state index contributed by atoms with van der Waals surface area (Å²) < 4.78 is 11.0. The van der Waals surface area contributed by atoms with E-state index in [1.807, 2.05) is 0 Å². The highest BCUT2D eigenvalue weighted by Crippen LogP contribution is 2.19. The Kier molecular flexibility index (Phi) is 6.00. The van der Waals surface area contributed by atoms with E-state index in [0.29, 0.717) is 29.9 Å². The van der Waals surface area contributed by atoms with Crippen molar-refractivity contribution < 1.29 is 14.6 Å². The van der Waals surface area contributed by atoms with E-state index in [1.54, 1.807) is 24.3 Å². The maximum atomic E-state index is 9.88. The molecule has 114 valence electrons. The van der Waals surface area contributed by atoms with Crippen molar-refractivity contribution in [3.8, 4) is 11.8 Å². The third-order valence-electron chi connectivity index (χ3n) is 3.75. The maximum absolute atomic E-state index is 9.88. The predicted octanol–water partition coefficient (Wildman–Crippen LogP) is 1.31. The summed E-state index contributed by atoms with van der Waals surface area (Å²) in [4.78, 5) is 0. The number of hydrogen-bond donors (Lipinski definition) is 2. The fourth-order valence-electron chi connectivity index (χ4n) is 2.36. The van der Waals surface area contributed by atoms with Crippen molar-refractivity contribution in [1.29, 1.82) is 5.26 Å². The van der Waals surface area contributed by atoms with Crippen LogP contribution in [0.2, 0.25) is 0 Å². The zero-order chi connectivity index (χ0) is 15.1. The molecule has 0 aromatic heterocycles. The van der Waals surface area contributed by atoms with Gasteiger partial charge in [0.15, 0.2) is 0 Å². The van der Waals surface area contributed by atoms with Crippen LogP contribution in [0.25, 0.3) is 0 Å². The molecular weight excluding hydrogens is 268 g/mol. The van der Waals surface area contributed by atoms with Gasteiger partial charge in [0.25, 0.3) is 0 Å². The van der Waals surface area contributed by atoms with Crippen molar-refractivity contribution >= 4 is 0 Å². The summed E-state index contributed by atoms with van der Waals surface area (Å²) in [7, 11) is 0. The van der Waals surface area contributed by atoms with E-state index in [2.05, 4.69) is 18.3 Å². The van der Waals surface area contributed by atoms with Gasteiger partial charge in [-0.25, -0.2) is 0 Å². The van der Waals surface area contributed by atoms with Gasteiger partial charge in [-0.3, -0.25) is 0 Å². The molecule has 0 aliphatic carbocycles. The third-order valence-corrected chi connectivity index (χ3v) is 3.75. The molecule has 1 heterocycles. The van der Waals surface area contributed by atoms with Gasteiger partial charge < -0.3 is 19.9 Å². The van der Waals surface area contributed by atoms with E-state index >= 15 is 0 Å². The molecule has 5 nitrogen and oxygen atoms in total. The molecule has 0 bridgehead atoms. The van der Waals surface area contributed by atoms with Crippen molar-refractivity contribution in [3.63, 3.8) is 0 Å². The number of benzene rings is 1. The van der Waals surface area contributed by atoms with Crippen molar-refractivity contribution in [1.82, 2.24) is 5.32 Å². The number of nitrogens with one attached hydrogen (secondary N) is 1. The van der Waals surface area contributed by atoms with Crippen LogP contribution in [-0.4, -0.2) is 43.6 Å². The topological polar surface area (TPSA) is 74.5 Å². The summed E-state index contributed by atoms with van der Waals surface area (Å²) >= 11 is 0. The quantitative estimate of drug-likeness (QED) is 0.792. The van der Waals surface area contributed by atoms with Crippen LogP contribution >= 0.6 is 0 Å². The van der Waals surface area contributed by atoms with Crippen molar-refractivity contribution in [3.05, 3.63) is 29.8 Å². The number of nitrogens with zero attached hydrogens (tertiary/aromatic N) is 1. The average Bonchev–Trinajstić information content (AvgIpc) is 2.91. The van der Waals surface area contributed by atoms with E-state index in [4.69, 9.17) is 14.7 Å². The van der Waals surface area contributed by atoms with E-state index in [0.717, 1.165) is 19.6 Å². The molecule has 1 fully saturated rings. The van der Waals surface area contributed by atoms with Gasteiger partial charge in [-0.1, -0.05) is 0 Å². The van der Waals surface area contributed by atoms with E-state index in [9.17, 15) is 5.11 Å². The summed E-state index contributed by atoms with van der Waals surface area (Å²) in [6.45, 7) is 4.51. The predicted molar refractivity (Wildman–Crippen MR) is 79.0 cm³/mol. The van der Waals surface area contributed by atoms with Crippen LogP contribution in [0.5, 0.6) is 5.75 Å². The zero-order valence-corrected chi connectivity index (χ0v) is 12.3. The fourth-order valence-corrected chi connectivity index (χ4v) is 2.36. The number of nitriles is 1. The second-order valence-corrected chi connectivity index (χ2v) is 5.38. The first-order valence-electron chi connectivity index (χ1n) is 7.32. The SMILES string of the molecule is CC1OCCC1CNCC(O)COc1ccc(C#N)cc1. The molecule has 3 atom stereocenters. The van der Waals surface area contributed by atoms with E-state index < -0.39 is 6.10 Å². The van der Waals surface area contributed by atoms with Crippen LogP contribution in [0.3, 0.4) is 0 Å². The lowest BCUT2D eigenvalue weighted by molar-refractivity contribution is 0.0946. The first kappa shape index (κ1) is 15.8. The smallest absolute Gasteiger partial charge is 0.119 e. The van der Waals surface area contributed by atoms with Gasteiger partial charge in [-0.05, 0) is 43.5 Å². The van der Waals surface area contributed by atoms with Crippen molar-refractivity contribution in [2.75, 3.05) is 26.3 Å². The summed E-state index contributed by atoms with van der Waals surface area (Å²) in [6.07, 6.45) is 0.814. The number of aliphatic hydroxyl groups is 1. The molecule has 0 amide bonds. The molecule has 0 radical (unpaired) electrons. The number of hydrogen-bond acceptors (Lipinski definition) is 5. The van der Waals surface area contributed by atoms with Crippen LogP contribution in [0, 0.1) is 17.2 Å². The summed E-state index contributed by atoms with van der Waals surface area (Å²) in [5.74, 6) is 1.18. The second-order valence-electron chi connectivity index (χ2n) is 5.38. The third kappa shape index (κ3) is 5.01. The van der Waals surface area contributed by atoms with Gasteiger partial charge in [-0.2, -0.15) is 5.26 Å². The highest BCUT2D eigenvalue weighted by atomic mass is 16.5. The minimum atomic E-state index is -0.557. The van der Waals surface area contributed by atoms with E-state index in [1.165, 1.54) is 0 Å². The normalized spacial score (nSPS) is 22.7. The lowest BCUT2D eigenvalue weighted by Crippen LogP contribution is -2.35. The van der Waals surface area contributed by atoms with Crippen LogP contribution in [-0.2, 0) is 4.74 Å². The zero-order valence-electron chi connectivity index (χ0n) is 12.3. The summed E-state index contributed by atoms with van der Waals surface area (Å²) in [5.41, 5.74) is 0.595. The van der Waals surface area contributed by atoms with Crippen LogP contribution in [0.1, 0.15) is 18.9 Å². The molecule has 21 heavy (non-hydrogen) atoms. The lowest BCUT2D eigenvalue weighted by atomic mass is 10.0. The fraction of sp³-hybridized carbons (Fsp3) is 0.562. The second kappa shape index (κ2) is 7.99. The van der Waals surface area contributed by atoms with Gasteiger partial charge >= 0.3 is 0 Å². The molecule has 1 aliphatic rings. The molecule has 3 unspecified atom stereocenters. The maximum Gasteiger partial charge on any atom is 0.119 e. The Bertz CT molecular complexity index is 469. The van der Waals surface area contributed by atoms with Gasteiger partial charge in [0.1, 0.15) is 18.5 Å². The van der Waals surface area contributed by atoms with Crippen molar-refractivity contribution in [2.24, 2.45) is 5.92 Å². The largest absolute Gasteiger partial charge is 0.491 e. The van der Waals surface area contributed by atoms with Crippen LogP contribution in [0.15, 0.2) is 24.3 Å². The molecular formula is C16H22N2O3. The first-order valence-corrected chi connectivity index (χ1v) is 7.32. The molecule has 2 N–H and O–H groups in total. The van der Waals surface area contributed by atoms with E-state index in [-0.39, 0.29) is 6.61 Å².